The second kappa shape index (κ2) is 7.79. The van der Waals surface area contributed by atoms with Crippen LogP contribution in [-0.4, -0.2) is 18.4 Å². The van der Waals surface area contributed by atoms with Crippen LogP contribution in [0.2, 0.25) is 5.02 Å². The molecule has 28 heavy (non-hydrogen) atoms. The molecule has 3 rings (SSSR count). The summed E-state index contributed by atoms with van der Waals surface area (Å²) in [4.78, 5) is 23.9. The van der Waals surface area contributed by atoms with Gasteiger partial charge in [-0.2, -0.15) is 13.2 Å². The van der Waals surface area contributed by atoms with Crippen LogP contribution in [0.25, 0.3) is 0 Å². The van der Waals surface area contributed by atoms with Crippen molar-refractivity contribution in [2.75, 3.05) is 6.54 Å². The minimum atomic E-state index is -4.49. The quantitative estimate of drug-likeness (QED) is 0.747. The first-order valence-corrected chi connectivity index (χ1v) is 8.72. The number of rotatable bonds is 4. The van der Waals surface area contributed by atoms with Crippen molar-refractivity contribution >= 4 is 23.4 Å². The van der Waals surface area contributed by atoms with Crippen LogP contribution in [0.1, 0.15) is 29.2 Å². The van der Waals surface area contributed by atoms with Crippen molar-refractivity contribution in [3.05, 3.63) is 70.0 Å². The minimum absolute atomic E-state index is 0.0236. The third kappa shape index (κ3) is 4.44. The summed E-state index contributed by atoms with van der Waals surface area (Å²) in [6.07, 6.45) is -4.47. The summed E-state index contributed by atoms with van der Waals surface area (Å²) in [5.74, 6) is -1.95. The second-order valence-electron chi connectivity index (χ2n) is 6.44. The number of carbonyl (C=O) groups excluding carboxylic acids is 2. The molecule has 0 aromatic heterocycles. The molecule has 2 N–H and O–H groups in total. The summed E-state index contributed by atoms with van der Waals surface area (Å²) in [6, 6.07) is 7.23. The van der Waals surface area contributed by atoms with Gasteiger partial charge < -0.3 is 10.6 Å². The van der Waals surface area contributed by atoms with Crippen molar-refractivity contribution in [1.82, 2.24) is 10.6 Å². The van der Waals surface area contributed by atoms with Gasteiger partial charge in [-0.05, 0) is 35.4 Å². The fourth-order valence-corrected chi connectivity index (χ4v) is 3.16. The van der Waals surface area contributed by atoms with Gasteiger partial charge in [0.05, 0.1) is 22.5 Å². The third-order valence-corrected chi connectivity index (χ3v) is 4.77. The van der Waals surface area contributed by atoms with Crippen LogP contribution in [-0.2, 0) is 15.8 Å². The summed E-state index contributed by atoms with van der Waals surface area (Å²) in [6.45, 7) is 0.175. The molecule has 4 nitrogen and oxygen atoms in total. The zero-order valence-electron chi connectivity index (χ0n) is 14.3. The first-order chi connectivity index (χ1) is 13.1. The zero-order chi connectivity index (χ0) is 20.5. The van der Waals surface area contributed by atoms with Crippen molar-refractivity contribution in [3.8, 4) is 0 Å². The molecule has 1 heterocycles. The molecule has 2 amide bonds. The van der Waals surface area contributed by atoms with Crippen LogP contribution < -0.4 is 10.6 Å². The van der Waals surface area contributed by atoms with E-state index < -0.39 is 35.4 Å². The van der Waals surface area contributed by atoms with E-state index in [2.05, 4.69) is 10.6 Å². The van der Waals surface area contributed by atoms with Crippen LogP contribution in [0, 0.1) is 11.7 Å². The summed E-state index contributed by atoms with van der Waals surface area (Å²) >= 11 is 5.82. The van der Waals surface area contributed by atoms with Gasteiger partial charge in [0.25, 0.3) is 0 Å². The van der Waals surface area contributed by atoms with Gasteiger partial charge >= 0.3 is 6.18 Å². The second-order valence-corrected chi connectivity index (χ2v) is 6.85. The lowest BCUT2D eigenvalue weighted by Gasteiger charge is -2.22. The summed E-state index contributed by atoms with van der Waals surface area (Å²) in [7, 11) is 0. The van der Waals surface area contributed by atoms with Crippen LogP contribution in [0.3, 0.4) is 0 Å². The lowest BCUT2D eigenvalue weighted by molar-refractivity contribution is -0.137. The number of nitrogens with one attached hydrogen (secondary N) is 2. The number of benzene rings is 2. The van der Waals surface area contributed by atoms with Gasteiger partial charge in [-0.3, -0.25) is 9.59 Å². The highest BCUT2D eigenvalue weighted by Gasteiger charge is 2.32. The lowest BCUT2D eigenvalue weighted by Crippen LogP contribution is -2.35. The van der Waals surface area contributed by atoms with Crippen molar-refractivity contribution in [2.24, 2.45) is 5.92 Å². The van der Waals surface area contributed by atoms with Gasteiger partial charge in [-0.1, -0.05) is 29.8 Å². The molecule has 9 heteroatoms. The normalized spacial score (nSPS) is 17.9. The number of hydrogen-bond acceptors (Lipinski definition) is 2. The topological polar surface area (TPSA) is 58.2 Å². The molecule has 0 aliphatic carbocycles. The van der Waals surface area contributed by atoms with E-state index in [1.807, 2.05) is 0 Å². The summed E-state index contributed by atoms with van der Waals surface area (Å²) < 4.78 is 52.0. The Morgan fingerprint density at radius 1 is 1.14 bits per heavy atom. The van der Waals surface area contributed by atoms with Crippen molar-refractivity contribution in [1.29, 1.82) is 0 Å². The minimum Gasteiger partial charge on any atom is -0.355 e. The first kappa shape index (κ1) is 20.1. The maximum atomic E-state index is 13.5. The molecule has 1 unspecified atom stereocenters. The molecule has 1 fully saturated rings. The van der Waals surface area contributed by atoms with E-state index in [1.165, 1.54) is 24.3 Å². The van der Waals surface area contributed by atoms with Crippen molar-refractivity contribution < 1.29 is 27.2 Å². The maximum Gasteiger partial charge on any atom is 0.416 e. The molecule has 0 radical (unpaired) electrons. The van der Waals surface area contributed by atoms with Crippen LogP contribution in [0.4, 0.5) is 17.6 Å². The molecular formula is C19H15ClF4N2O2. The highest BCUT2D eigenvalue weighted by Crippen LogP contribution is 2.32. The largest absolute Gasteiger partial charge is 0.416 e. The molecule has 0 saturated carbocycles. The van der Waals surface area contributed by atoms with Gasteiger partial charge in [0.2, 0.25) is 11.8 Å². The molecule has 0 spiro atoms. The molecular weight excluding hydrogens is 400 g/mol. The van der Waals surface area contributed by atoms with E-state index in [1.54, 1.807) is 0 Å². The Morgan fingerprint density at radius 3 is 2.32 bits per heavy atom. The lowest BCUT2D eigenvalue weighted by atomic mass is 9.96. The Kier molecular flexibility index (Phi) is 5.60. The molecule has 1 aliphatic rings. The first-order valence-electron chi connectivity index (χ1n) is 8.34. The molecule has 2 aromatic carbocycles. The van der Waals surface area contributed by atoms with Crippen LogP contribution in [0.5, 0.6) is 0 Å². The van der Waals surface area contributed by atoms with E-state index in [-0.39, 0.29) is 23.9 Å². The predicted octanol–water partition coefficient (Wildman–Crippen LogP) is 3.84. The van der Waals surface area contributed by atoms with Gasteiger partial charge in [-0.15, -0.1) is 0 Å². The predicted molar refractivity (Wildman–Crippen MR) is 94.0 cm³/mol. The van der Waals surface area contributed by atoms with Crippen LogP contribution >= 0.6 is 11.6 Å². The standard InChI is InChI=1S/C19H15ClF4N2O2/c20-14-7-11(3-6-15(14)21)17(26-18(28)12-8-16(27)25-9-12)10-1-4-13(5-2-10)19(22,23)24/h1-7,12,17H,8-9H2,(H,25,27)(H,26,28)/t12?,17-/m0/s1. The smallest absolute Gasteiger partial charge is 0.355 e. The average Bonchev–Trinajstić information content (AvgIpc) is 3.08. The van der Waals surface area contributed by atoms with E-state index >= 15 is 0 Å². The number of halogens is 5. The Bertz CT molecular complexity index is 900. The van der Waals surface area contributed by atoms with E-state index in [0.29, 0.717) is 11.1 Å². The van der Waals surface area contributed by atoms with E-state index in [9.17, 15) is 27.2 Å². The average molecular weight is 415 g/mol. The van der Waals surface area contributed by atoms with Gasteiger partial charge in [0, 0.05) is 13.0 Å². The number of hydrogen-bond donors (Lipinski definition) is 2. The molecule has 1 saturated heterocycles. The summed E-state index contributed by atoms with van der Waals surface area (Å²) in [5.41, 5.74) is -0.0675. The Balaban J connectivity index is 1.93. The van der Waals surface area contributed by atoms with E-state index in [4.69, 9.17) is 11.6 Å². The maximum absolute atomic E-state index is 13.5. The zero-order valence-corrected chi connectivity index (χ0v) is 15.1. The molecule has 1 aliphatic heterocycles. The van der Waals surface area contributed by atoms with Gasteiger partial charge in [-0.25, -0.2) is 4.39 Å². The van der Waals surface area contributed by atoms with Crippen molar-refractivity contribution in [2.45, 2.75) is 18.6 Å². The Labute approximate surface area is 162 Å². The third-order valence-electron chi connectivity index (χ3n) is 4.48. The highest BCUT2D eigenvalue weighted by molar-refractivity contribution is 6.30. The number of amides is 2. The van der Waals surface area contributed by atoms with E-state index in [0.717, 1.165) is 18.2 Å². The number of carbonyl (C=O) groups is 2. The van der Waals surface area contributed by atoms with Crippen molar-refractivity contribution in [3.63, 3.8) is 0 Å². The SMILES string of the molecule is O=C1CC(C(=O)N[C@@H](c2ccc(C(F)(F)F)cc2)c2ccc(F)c(Cl)c2)CN1. The molecule has 148 valence electrons. The van der Waals surface area contributed by atoms with Gasteiger partial charge in [0.15, 0.2) is 0 Å². The molecule has 2 atom stereocenters. The Morgan fingerprint density at radius 2 is 1.79 bits per heavy atom. The molecule has 0 bridgehead atoms. The Hall–Kier alpha value is -2.61. The van der Waals surface area contributed by atoms with Gasteiger partial charge in [0.1, 0.15) is 5.82 Å². The fourth-order valence-electron chi connectivity index (χ4n) is 2.97. The number of alkyl halides is 3. The highest BCUT2D eigenvalue weighted by atomic mass is 35.5. The summed E-state index contributed by atoms with van der Waals surface area (Å²) in [5, 5.41) is 5.09. The monoisotopic (exact) mass is 414 g/mol. The molecule has 2 aromatic rings. The van der Waals surface area contributed by atoms with Crippen LogP contribution in [0.15, 0.2) is 42.5 Å². The fraction of sp³-hybridized carbons (Fsp3) is 0.263.